The molecule has 1 aliphatic heterocycles. The molecule has 4 heteroatoms. The van der Waals surface area contributed by atoms with Crippen LogP contribution in [-0.4, -0.2) is 35.7 Å². The summed E-state index contributed by atoms with van der Waals surface area (Å²) >= 11 is 12.1. The molecule has 1 aromatic carbocycles. The van der Waals surface area contributed by atoms with Crippen LogP contribution in [0.25, 0.3) is 0 Å². The SMILES string of the molecule is CN1CCCC(O)(Cc2ccc(Cl)cc2Cl)CC1. The van der Waals surface area contributed by atoms with E-state index in [1.165, 1.54) is 0 Å². The minimum Gasteiger partial charge on any atom is -0.389 e. The molecule has 0 bridgehead atoms. The molecule has 100 valence electrons. The summed E-state index contributed by atoms with van der Waals surface area (Å²) in [6.07, 6.45) is 3.26. The molecule has 0 saturated carbocycles. The van der Waals surface area contributed by atoms with Gasteiger partial charge in [-0.05, 0) is 50.6 Å². The Hall–Kier alpha value is -0.280. The van der Waals surface area contributed by atoms with E-state index < -0.39 is 5.60 Å². The van der Waals surface area contributed by atoms with Crippen LogP contribution in [0.15, 0.2) is 18.2 Å². The fraction of sp³-hybridized carbons (Fsp3) is 0.571. The zero-order valence-electron chi connectivity index (χ0n) is 10.6. The fourth-order valence-electron chi connectivity index (χ4n) is 2.51. The summed E-state index contributed by atoms with van der Waals surface area (Å²) in [5, 5.41) is 12.0. The molecule has 0 aromatic heterocycles. The van der Waals surface area contributed by atoms with Gasteiger partial charge in [0.2, 0.25) is 0 Å². The number of hydrogen-bond acceptors (Lipinski definition) is 2. The number of nitrogens with zero attached hydrogens (tertiary/aromatic N) is 1. The van der Waals surface area contributed by atoms with Gasteiger partial charge in [0.05, 0.1) is 5.60 Å². The predicted octanol–water partition coefficient (Wildman–Crippen LogP) is 3.38. The number of benzene rings is 1. The van der Waals surface area contributed by atoms with Crippen LogP contribution in [0.1, 0.15) is 24.8 Å². The molecule has 1 saturated heterocycles. The average Bonchev–Trinajstić information content (AvgIpc) is 2.46. The summed E-state index contributed by atoms with van der Waals surface area (Å²) in [4.78, 5) is 2.27. The van der Waals surface area contributed by atoms with Crippen LogP contribution in [0.5, 0.6) is 0 Å². The third-order valence-corrected chi connectivity index (χ3v) is 4.26. The van der Waals surface area contributed by atoms with Crippen LogP contribution in [0.3, 0.4) is 0 Å². The number of likely N-dealkylation sites (tertiary alicyclic amines) is 1. The van der Waals surface area contributed by atoms with Crippen molar-refractivity contribution in [2.75, 3.05) is 20.1 Å². The van der Waals surface area contributed by atoms with E-state index >= 15 is 0 Å². The van der Waals surface area contributed by atoms with Gasteiger partial charge in [-0.3, -0.25) is 0 Å². The Labute approximate surface area is 119 Å². The van der Waals surface area contributed by atoms with Gasteiger partial charge in [-0.25, -0.2) is 0 Å². The van der Waals surface area contributed by atoms with Gasteiger partial charge < -0.3 is 10.0 Å². The van der Waals surface area contributed by atoms with Crippen molar-refractivity contribution in [3.63, 3.8) is 0 Å². The first-order chi connectivity index (χ1) is 8.48. The van der Waals surface area contributed by atoms with Crippen LogP contribution in [0, 0.1) is 0 Å². The fourth-order valence-corrected chi connectivity index (χ4v) is 2.99. The quantitative estimate of drug-likeness (QED) is 0.901. The van der Waals surface area contributed by atoms with Crippen molar-refractivity contribution >= 4 is 23.2 Å². The third kappa shape index (κ3) is 3.61. The highest BCUT2D eigenvalue weighted by atomic mass is 35.5. The Morgan fingerprint density at radius 2 is 2.06 bits per heavy atom. The molecule has 0 amide bonds. The van der Waals surface area contributed by atoms with Crippen molar-refractivity contribution in [2.24, 2.45) is 0 Å². The molecule has 1 aliphatic rings. The number of aliphatic hydroxyl groups is 1. The lowest BCUT2D eigenvalue weighted by Gasteiger charge is -2.27. The van der Waals surface area contributed by atoms with Gasteiger partial charge in [0, 0.05) is 23.0 Å². The zero-order chi connectivity index (χ0) is 13.2. The van der Waals surface area contributed by atoms with E-state index in [0.29, 0.717) is 16.5 Å². The van der Waals surface area contributed by atoms with E-state index in [2.05, 4.69) is 11.9 Å². The Balaban J connectivity index is 2.11. The lowest BCUT2D eigenvalue weighted by atomic mass is 9.88. The molecule has 0 spiro atoms. The monoisotopic (exact) mass is 287 g/mol. The lowest BCUT2D eigenvalue weighted by Crippen LogP contribution is -2.32. The Bertz CT molecular complexity index is 424. The highest BCUT2D eigenvalue weighted by molar-refractivity contribution is 6.35. The largest absolute Gasteiger partial charge is 0.389 e. The van der Waals surface area contributed by atoms with E-state index in [0.717, 1.165) is 37.9 Å². The summed E-state index contributed by atoms with van der Waals surface area (Å²) in [5.41, 5.74) is 0.343. The van der Waals surface area contributed by atoms with Crippen LogP contribution >= 0.6 is 23.2 Å². The highest BCUT2D eigenvalue weighted by Gasteiger charge is 2.30. The maximum Gasteiger partial charge on any atom is 0.0701 e. The van der Waals surface area contributed by atoms with Crippen LogP contribution in [0.4, 0.5) is 0 Å². The van der Waals surface area contributed by atoms with Gasteiger partial charge in [-0.15, -0.1) is 0 Å². The zero-order valence-corrected chi connectivity index (χ0v) is 12.1. The van der Waals surface area contributed by atoms with Crippen molar-refractivity contribution in [3.05, 3.63) is 33.8 Å². The minimum absolute atomic E-state index is 0.608. The number of hydrogen-bond donors (Lipinski definition) is 1. The first-order valence-electron chi connectivity index (χ1n) is 6.33. The maximum atomic E-state index is 10.7. The summed E-state index contributed by atoms with van der Waals surface area (Å²) < 4.78 is 0. The van der Waals surface area contributed by atoms with Gasteiger partial charge in [-0.2, -0.15) is 0 Å². The number of rotatable bonds is 2. The molecule has 1 heterocycles. The molecule has 1 unspecified atom stereocenters. The molecule has 1 aromatic rings. The molecular weight excluding hydrogens is 269 g/mol. The molecule has 1 fully saturated rings. The summed E-state index contributed by atoms with van der Waals surface area (Å²) in [5.74, 6) is 0. The molecule has 2 nitrogen and oxygen atoms in total. The van der Waals surface area contributed by atoms with E-state index in [9.17, 15) is 5.11 Å². The predicted molar refractivity (Wildman–Crippen MR) is 76.5 cm³/mol. The van der Waals surface area contributed by atoms with E-state index in [4.69, 9.17) is 23.2 Å². The molecule has 2 rings (SSSR count). The lowest BCUT2D eigenvalue weighted by molar-refractivity contribution is 0.0263. The molecular formula is C14H19Cl2NO. The van der Waals surface area contributed by atoms with Crippen molar-refractivity contribution in [1.29, 1.82) is 0 Å². The van der Waals surface area contributed by atoms with Crippen molar-refractivity contribution in [2.45, 2.75) is 31.3 Å². The molecule has 18 heavy (non-hydrogen) atoms. The highest BCUT2D eigenvalue weighted by Crippen LogP contribution is 2.30. The van der Waals surface area contributed by atoms with Crippen LogP contribution in [0.2, 0.25) is 10.0 Å². The second kappa shape index (κ2) is 5.79. The number of halogens is 2. The smallest absolute Gasteiger partial charge is 0.0701 e. The van der Waals surface area contributed by atoms with E-state index in [-0.39, 0.29) is 0 Å². The summed E-state index contributed by atoms with van der Waals surface area (Å²) in [6.45, 7) is 1.98. The summed E-state index contributed by atoms with van der Waals surface area (Å²) in [7, 11) is 2.10. The van der Waals surface area contributed by atoms with Gasteiger partial charge in [0.25, 0.3) is 0 Å². The minimum atomic E-state index is -0.637. The normalized spacial score (nSPS) is 26.0. The first-order valence-corrected chi connectivity index (χ1v) is 7.09. The van der Waals surface area contributed by atoms with Gasteiger partial charge in [0.1, 0.15) is 0 Å². The van der Waals surface area contributed by atoms with Crippen LogP contribution in [-0.2, 0) is 6.42 Å². The third-order valence-electron chi connectivity index (χ3n) is 3.68. The van der Waals surface area contributed by atoms with Crippen LogP contribution < -0.4 is 0 Å². The first kappa shape index (κ1) is 14.1. The second-order valence-corrected chi connectivity index (χ2v) is 6.14. The van der Waals surface area contributed by atoms with Gasteiger partial charge in [-0.1, -0.05) is 29.3 Å². The second-order valence-electron chi connectivity index (χ2n) is 5.29. The summed E-state index contributed by atoms with van der Waals surface area (Å²) in [6, 6.07) is 5.48. The van der Waals surface area contributed by atoms with Crippen molar-refractivity contribution < 1.29 is 5.11 Å². The van der Waals surface area contributed by atoms with Crippen molar-refractivity contribution in [1.82, 2.24) is 4.90 Å². The topological polar surface area (TPSA) is 23.5 Å². The van der Waals surface area contributed by atoms with Crippen molar-refractivity contribution in [3.8, 4) is 0 Å². The van der Waals surface area contributed by atoms with Gasteiger partial charge >= 0.3 is 0 Å². The van der Waals surface area contributed by atoms with E-state index in [1.54, 1.807) is 6.07 Å². The van der Waals surface area contributed by atoms with Gasteiger partial charge in [0.15, 0.2) is 0 Å². The standard InChI is InChI=1S/C14H19Cl2NO/c1-17-7-2-5-14(18,6-8-17)10-11-3-4-12(15)9-13(11)16/h3-4,9,18H,2,5-8,10H2,1H3. The Kier molecular flexibility index (Phi) is 4.54. The Morgan fingerprint density at radius 1 is 1.28 bits per heavy atom. The molecule has 0 aliphatic carbocycles. The Morgan fingerprint density at radius 3 is 2.78 bits per heavy atom. The molecule has 1 atom stereocenters. The average molecular weight is 288 g/mol. The maximum absolute atomic E-state index is 10.7. The molecule has 0 radical (unpaired) electrons. The molecule has 1 N–H and O–H groups in total. The van der Waals surface area contributed by atoms with E-state index in [1.807, 2.05) is 12.1 Å².